The Hall–Kier alpha value is -1.36. The van der Waals surface area contributed by atoms with E-state index in [1.54, 1.807) is 0 Å². The van der Waals surface area contributed by atoms with E-state index in [1.165, 1.54) is 6.07 Å². The third-order valence-corrected chi connectivity index (χ3v) is 3.42. The molecule has 1 aromatic rings. The van der Waals surface area contributed by atoms with Gasteiger partial charge in [-0.3, -0.25) is 10.1 Å². The summed E-state index contributed by atoms with van der Waals surface area (Å²) in [6.07, 6.45) is 0. The van der Waals surface area contributed by atoms with Crippen LogP contribution in [0.1, 0.15) is 5.56 Å². The minimum Gasteiger partial charge on any atom is -0.258 e. The van der Waals surface area contributed by atoms with Crippen molar-refractivity contribution in [2.75, 3.05) is 0 Å². The van der Waals surface area contributed by atoms with Crippen LogP contribution in [0.3, 0.4) is 0 Å². The summed E-state index contributed by atoms with van der Waals surface area (Å²) >= 11 is 5.51. The van der Waals surface area contributed by atoms with Gasteiger partial charge in [-0.1, -0.05) is 11.6 Å². The van der Waals surface area contributed by atoms with Crippen molar-refractivity contribution in [3.8, 4) is 6.07 Å². The summed E-state index contributed by atoms with van der Waals surface area (Å²) in [5.74, 6) is 0. The van der Waals surface area contributed by atoms with Crippen LogP contribution in [-0.2, 0) is 9.05 Å². The first-order valence-electron chi connectivity index (χ1n) is 3.60. The molecular weight excluding hydrogens is 279 g/mol. The smallest absolute Gasteiger partial charge is 0.258 e. The van der Waals surface area contributed by atoms with Gasteiger partial charge >= 0.3 is 0 Å². The number of nitrogens with zero attached hydrogens (tertiary/aromatic N) is 2. The second-order valence-corrected chi connectivity index (χ2v) is 5.55. The quantitative estimate of drug-likeness (QED) is 0.469. The van der Waals surface area contributed by atoms with E-state index >= 15 is 0 Å². The predicted molar refractivity (Wildman–Crippen MR) is 55.9 cm³/mol. The van der Waals surface area contributed by atoms with Gasteiger partial charge in [-0.25, -0.2) is 8.42 Å². The zero-order valence-corrected chi connectivity index (χ0v) is 9.67. The van der Waals surface area contributed by atoms with Crippen molar-refractivity contribution >= 4 is 37.0 Å². The summed E-state index contributed by atoms with van der Waals surface area (Å²) in [6.45, 7) is 0. The second kappa shape index (κ2) is 4.25. The van der Waals surface area contributed by atoms with E-state index in [1.807, 2.05) is 0 Å². The molecule has 0 saturated heterocycles. The van der Waals surface area contributed by atoms with Crippen molar-refractivity contribution in [3.05, 3.63) is 32.8 Å². The first kappa shape index (κ1) is 12.7. The van der Waals surface area contributed by atoms with Crippen molar-refractivity contribution in [3.63, 3.8) is 0 Å². The molecule has 0 saturated carbocycles. The van der Waals surface area contributed by atoms with Crippen LogP contribution in [0.5, 0.6) is 0 Å². The molecule has 0 unspecified atom stereocenters. The first-order valence-corrected chi connectivity index (χ1v) is 6.29. The monoisotopic (exact) mass is 280 g/mol. The number of hydrogen-bond donors (Lipinski definition) is 0. The maximum Gasteiger partial charge on any atom is 0.288 e. The lowest BCUT2D eigenvalue weighted by molar-refractivity contribution is -0.385. The molecule has 0 amide bonds. The van der Waals surface area contributed by atoms with Crippen LogP contribution in [0.2, 0.25) is 5.02 Å². The second-order valence-electron chi connectivity index (χ2n) is 2.61. The molecule has 0 spiro atoms. The third-order valence-electron chi connectivity index (χ3n) is 1.63. The molecule has 0 aliphatic heterocycles. The van der Waals surface area contributed by atoms with Crippen LogP contribution in [0.25, 0.3) is 0 Å². The molecule has 0 heterocycles. The predicted octanol–water partition coefficient (Wildman–Crippen LogP) is 2.05. The van der Waals surface area contributed by atoms with Gasteiger partial charge < -0.3 is 0 Å². The number of nitro benzene ring substituents is 1. The Kier molecular flexibility index (Phi) is 3.38. The highest BCUT2D eigenvalue weighted by atomic mass is 35.7. The average Bonchev–Trinajstić information content (AvgIpc) is 2.15. The maximum atomic E-state index is 11.0. The van der Waals surface area contributed by atoms with Crippen molar-refractivity contribution in [1.29, 1.82) is 5.26 Å². The summed E-state index contributed by atoms with van der Waals surface area (Å²) in [7, 11) is 0.891. The number of benzene rings is 1. The van der Waals surface area contributed by atoms with Crippen molar-refractivity contribution in [2.45, 2.75) is 4.90 Å². The fourth-order valence-corrected chi connectivity index (χ4v) is 2.48. The highest BCUT2D eigenvalue weighted by Crippen LogP contribution is 2.31. The Labute approximate surface area is 99.6 Å². The molecular formula is C7H2Cl2N2O4S. The summed E-state index contributed by atoms with van der Waals surface area (Å²) in [4.78, 5) is 9.14. The lowest BCUT2D eigenvalue weighted by atomic mass is 10.2. The molecule has 0 aromatic heterocycles. The average molecular weight is 281 g/mol. The van der Waals surface area contributed by atoms with E-state index < -0.39 is 35.1 Å². The molecule has 16 heavy (non-hydrogen) atoms. The van der Waals surface area contributed by atoms with E-state index in [2.05, 4.69) is 0 Å². The van der Waals surface area contributed by atoms with Gasteiger partial charge in [-0.2, -0.15) is 5.26 Å². The highest BCUT2D eigenvalue weighted by Gasteiger charge is 2.23. The normalized spacial score (nSPS) is 10.8. The maximum absolute atomic E-state index is 11.0. The summed E-state index contributed by atoms with van der Waals surface area (Å²) in [5.41, 5.74) is -0.995. The largest absolute Gasteiger partial charge is 0.288 e. The zero-order chi connectivity index (χ0) is 12.5. The number of halogens is 2. The van der Waals surface area contributed by atoms with Gasteiger partial charge in [0, 0.05) is 16.7 Å². The van der Waals surface area contributed by atoms with Gasteiger partial charge in [0.1, 0.15) is 16.5 Å². The summed E-state index contributed by atoms with van der Waals surface area (Å²) in [6, 6.07) is 3.03. The summed E-state index contributed by atoms with van der Waals surface area (Å²) < 4.78 is 22.0. The van der Waals surface area contributed by atoms with E-state index in [9.17, 15) is 18.5 Å². The van der Waals surface area contributed by atoms with Crippen LogP contribution >= 0.6 is 22.3 Å². The van der Waals surface area contributed by atoms with Gasteiger partial charge in [-0.05, 0) is 6.07 Å². The Morgan fingerprint density at radius 2 is 2.00 bits per heavy atom. The van der Waals surface area contributed by atoms with Gasteiger partial charge in [-0.15, -0.1) is 0 Å². The standard InChI is InChI=1S/C7H2Cl2N2O4S/c8-5-2-6(11(12)13)4(3-10)1-7(5)16(9,14)15/h1-2H. The van der Waals surface area contributed by atoms with Crippen molar-refractivity contribution in [1.82, 2.24) is 0 Å². The van der Waals surface area contributed by atoms with Crippen molar-refractivity contribution in [2.24, 2.45) is 0 Å². The zero-order valence-electron chi connectivity index (χ0n) is 7.35. The van der Waals surface area contributed by atoms with Crippen LogP contribution in [0.15, 0.2) is 17.0 Å². The SMILES string of the molecule is N#Cc1cc(S(=O)(=O)Cl)c(Cl)cc1[N+](=O)[O-]. The minimum absolute atomic E-state index is 0.402. The molecule has 0 fully saturated rings. The molecule has 0 atom stereocenters. The number of nitro groups is 1. The Morgan fingerprint density at radius 3 is 2.38 bits per heavy atom. The molecule has 0 bridgehead atoms. The molecule has 6 nitrogen and oxygen atoms in total. The van der Waals surface area contributed by atoms with E-state index in [4.69, 9.17) is 27.5 Å². The lowest BCUT2D eigenvalue weighted by Gasteiger charge is -2.01. The Balaban J connectivity index is 3.64. The molecule has 0 N–H and O–H groups in total. The number of rotatable bonds is 2. The fourth-order valence-electron chi connectivity index (χ4n) is 0.970. The lowest BCUT2D eigenvalue weighted by Crippen LogP contribution is -1.98. The summed E-state index contributed by atoms with van der Waals surface area (Å²) in [5, 5.41) is 18.7. The van der Waals surface area contributed by atoms with E-state index in [0.717, 1.165) is 12.1 Å². The van der Waals surface area contributed by atoms with Gasteiger partial charge in [0.25, 0.3) is 14.7 Å². The first-order chi connectivity index (χ1) is 7.27. The van der Waals surface area contributed by atoms with Crippen molar-refractivity contribution < 1.29 is 13.3 Å². The molecule has 1 rings (SSSR count). The molecule has 0 aliphatic rings. The Bertz CT molecular complexity index is 606. The minimum atomic E-state index is -4.14. The van der Waals surface area contributed by atoms with Crippen LogP contribution in [0, 0.1) is 21.4 Å². The fraction of sp³-hybridized carbons (Fsp3) is 0. The van der Waals surface area contributed by atoms with Gasteiger partial charge in [0.05, 0.1) is 9.95 Å². The number of hydrogen-bond acceptors (Lipinski definition) is 5. The van der Waals surface area contributed by atoms with Crippen LogP contribution in [-0.4, -0.2) is 13.3 Å². The highest BCUT2D eigenvalue weighted by molar-refractivity contribution is 8.13. The Morgan fingerprint density at radius 1 is 1.44 bits per heavy atom. The molecule has 84 valence electrons. The topological polar surface area (TPSA) is 101 Å². The molecule has 0 aliphatic carbocycles. The van der Waals surface area contributed by atoms with Gasteiger partial charge in [0.2, 0.25) is 0 Å². The molecule has 9 heteroatoms. The number of nitriles is 1. The van der Waals surface area contributed by atoms with E-state index in [-0.39, 0.29) is 0 Å². The third kappa shape index (κ3) is 2.41. The van der Waals surface area contributed by atoms with Crippen LogP contribution < -0.4 is 0 Å². The molecule has 0 radical (unpaired) electrons. The van der Waals surface area contributed by atoms with Gasteiger partial charge in [0.15, 0.2) is 0 Å². The van der Waals surface area contributed by atoms with E-state index in [0.29, 0.717) is 0 Å². The molecule has 1 aromatic carbocycles. The van der Waals surface area contributed by atoms with Crippen LogP contribution in [0.4, 0.5) is 5.69 Å².